The molecule has 31 heavy (non-hydrogen) atoms. The number of rotatable bonds is 23. The van der Waals surface area contributed by atoms with Crippen LogP contribution in [0.3, 0.4) is 0 Å². The van der Waals surface area contributed by atoms with Crippen molar-refractivity contribution in [1.29, 1.82) is 0 Å². The van der Waals surface area contributed by atoms with Gasteiger partial charge in [0.2, 0.25) is 9.76 Å². The zero-order chi connectivity index (χ0) is 22.6. The lowest BCUT2D eigenvalue weighted by atomic mass is 10.0. The second kappa shape index (κ2) is 22.4. The van der Waals surface area contributed by atoms with E-state index in [0.29, 0.717) is 6.04 Å². The first kappa shape index (κ1) is 33.7. The molecule has 0 heterocycles. The van der Waals surface area contributed by atoms with E-state index in [1.807, 2.05) is 6.55 Å². The van der Waals surface area contributed by atoms with Crippen LogP contribution in [0.25, 0.3) is 0 Å². The van der Waals surface area contributed by atoms with E-state index >= 15 is 0 Å². The van der Waals surface area contributed by atoms with Gasteiger partial charge in [0.05, 0.1) is 27.2 Å². The molecule has 0 aliphatic carbocycles. The first-order valence-electron chi connectivity index (χ1n) is 12.9. The minimum Gasteiger partial charge on any atom is -1.00 e. The molecule has 7 heteroatoms. The van der Waals surface area contributed by atoms with Crippen molar-refractivity contribution >= 4 is 18.6 Å². The molecule has 0 aliphatic heterocycles. The standard InChI is InChI=1S/C24H54NO3Si2.ClH/c1-5-6-7-8-9-10-11-12-13-14-15-16-17-18-19-20-22-25(2,3)23-21-24-30(26,27)28-29-4;/h26-27H,5-24H2,1-4H3;1H/q+1;/p-1. The molecule has 0 atom stereocenters. The third kappa shape index (κ3) is 25.0. The zero-order valence-electron chi connectivity index (χ0n) is 21.3. The molecule has 0 unspecified atom stereocenters. The van der Waals surface area contributed by atoms with Crippen LogP contribution in [0, 0.1) is 0 Å². The van der Waals surface area contributed by atoms with Crippen molar-refractivity contribution in [3.8, 4) is 0 Å². The SMILES string of the molecule is CCCCCCCCCCCCCCCCCC[N+](C)(C)CCC[Si](O)(O)O[Si]C.[Cl-]. The Morgan fingerprint density at radius 3 is 1.39 bits per heavy atom. The van der Waals surface area contributed by atoms with Gasteiger partial charge in [0, 0.05) is 12.5 Å². The lowest BCUT2D eigenvalue weighted by molar-refractivity contribution is -0.890. The summed E-state index contributed by atoms with van der Waals surface area (Å²) in [4.78, 5) is 19.6. The van der Waals surface area contributed by atoms with Crippen molar-refractivity contribution < 1.29 is 30.6 Å². The number of hydrogen-bond donors (Lipinski definition) is 2. The molecule has 0 bridgehead atoms. The minimum absolute atomic E-state index is 0. The highest BCUT2D eigenvalue weighted by Crippen LogP contribution is 2.15. The third-order valence-electron chi connectivity index (χ3n) is 6.15. The average molecular weight is 496 g/mol. The quantitative estimate of drug-likeness (QED) is 0.130. The number of unbranched alkanes of at least 4 members (excludes halogenated alkanes) is 15. The molecule has 4 nitrogen and oxygen atoms in total. The van der Waals surface area contributed by atoms with Gasteiger partial charge in [-0.3, -0.25) is 0 Å². The van der Waals surface area contributed by atoms with E-state index in [1.54, 1.807) is 0 Å². The summed E-state index contributed by atoms with van der Waals surface area (Å²) in [5.41, 5.74) is 0. The minimum atomic E-state index is -3.38. The Morgan fingerprint density at radius 2 is 1.00 bits per heavy atom. The summed E-state index contributed by atoms with van der Waals surface area (Å²) in [6.45, 7) is 6.30. The number of halogens is 1. The summed E-state index contributed by atoms with van der Waals surface area (Å²) < 4.78 is 6.08. The Balaban J connectivity index is 0. The van der Waals surface area contributed by atoms with Crippen molar-refractivity contribution in [1.82, 2.24) is 0 Å². The Kier molecular flexibility index (Phi) is 24.3. The second-order valence-corrected chi connectivity index (χ2v) is 13.1. The number of nitrogens with zero attached hydrogens (tertiary/aromatic N) is 1. The lowest BCUT2D eigenvalue weighted by Crippen LogP contribution is -3.00. The van der Waals surface area contributed by atoms with Gasteiger partial charge < -0.3 is 30.6 Å². The number of hydrogen-bond acceptors (Lipinski definition) is 3. The molecule has 2 radical (unpaired) electrons. The number of quaternary nitrogens is 1. The smallest absolute Gasteiger partial charge is 0.485 e. The second-order valence-electron chi connectivity index (χ2n) is 9.84. The molecule has 188 valence electrons. The lowest BCUT2D eigenvalue weighted by Gasteiger charge is -2.30. The van der Waals surface area contributed by atoms with Gasteiger partial charge in [0.15, 0.2) is 0 Å². The Hall–Kier alpha value is 0.564. The molecule has 2 N–H and O–H groups in total. The first-order chi connectivity index (χ1) is 14.3. The Morgan fingerprint density at radius 1 is 0.645 bits per heavy atom. The zero-order valence-corrected chi connectivity index (χ0v) is 24.0. The maximum absolute atomic E-state index is 9.81. The molecule has 0 rings (SSSR count). The van der Waals surface area contributed by atoms with E-state index in [2.05, 4.69) is 21.0 Å². The molecule has 0 fully saturated rings. The normalized spacial score (nSPS) is 12.2. The Labute approximate surface area is 204 Å². The van der Waals surface area contributed by atoms with Crippen molar-refractivity contribution in [3.05, 3.63) is 0 Å². The highest BCUT2D eigenvalue weighted by Gasteiger charge is 2.31. The maximum Gasteiger partial charge on any atom is 0.485 e. The van der Waals surface area contributed by atoms with Gasteiger partial charge in [-0.25, -0.2) is 0 Å². The Bertz CT molecular complexity index is 375. The molecular formula is C24H54ClNO3Si2. The van der Waals surface area contributed by atoms with Gasteiger partial charge in [-0.05, 0) is 19.4 Å². The van der Waals surface area contributed by atoms with Gasteiger partial charge >= 0.3 is 8.80 Å². The van der Waals surface area contributed by atoms with Crippen LogP contribution in [0.15, 0.2) is 0 Å². The fraction of sp³-hybridized carbons (Fsp3) is 1.00. The molecule has 0 aromatic carbocycles. The van der Waals surface area contributed by atoms with Gasteiger partial charge in [0.1, 0.15) is 0 Å². The molecule has 0 spiro atoms. The van der Waals surface area contributed by atoms with Gasteiger partial charge in [-0.2, -0.15) is 0 Å². The third-order valence-corrected chi connectivity index (χ3v) is 9.28. The van der Waals surface area contributed by atoms with Crippen LogP contribution in [0.5, 0.6) is 0 Å². The molecule has 0 aromatic heterocycles. The van der Waals surface area contributed by atoms with Crippen LogP contribution in [-0.4, -0.2) is 59.8 Å². The summed E-state index contributed by atoms with van der Waals surface area (Å²) in [5, 5.41) is 0. The fourth-order valence-corrected chi connectivity index (χ4v) is 6.49. The highest BCUT2D eigenvalue weighted by atomic mass is 35.5. The van der Waals surface area contributed by atoms with Crippen LogP contribution in [0.1, 0.15) is 116 Å². The van der Waals surface area contributed by atoms with Gasteiger partial charge in [-0.15, -0.1) is 0 Å². The molecule has 0 amide bonds. The first-order valence-corrected chi connectivity index (χ1v) is 16.4. The molecule has 0 aliphatic rings. The molecular weight excluding hydrogens is 442 g/mol. The van der Waals surface area contributed by atoms with Crippen molar-refractivity contribution in [2.24, 2.45) is 0 Å². The predicted molar refractivity (Wildman–Crippen MR) is 134 cm³/mol. The van der Waals surface area contributed by atoms with Crippen LogP contribution in [0.4, 0.5) is 0 Å². The largest absolute Gasteiger partial charge is 1.00 e. The van der Waals surface area contributed by atoms with Gasteiger partial charge in [-0.1, -0.05) is 96.8 Å². The molecule has 0 saturated heterocycles. The predicted octanol–water partition coefficient (Wildman–Crippen LogP) is 3.33. The van der Waals surface area contributed by atoms with Crippen LogP contribution < -0.4 is 12.4 Å². The summed E-state index contributed by atoms with van der Waals surface area (Å²) in [5.74, 6) is 0. The van der Waals surface area contributed by atoms with E-state index in [4.69, 9.17) is 4.12 Å². The highest BCUT2D eigenvalue weighted by molar-refractivity contribution is 6.63. The summed E-state index contributed by atoms with van der Waals surface area (Å²) in [6.07, 6.45) is 23.4. The molecule has 0 aromatic rings. The van der Waals surface area contributed by atoms with Crippen LogP contribution in [-0.2, 0) is 4.12 Å². The fourth-order valence-electron chi connectivity index (χ4n) is 4.15. The maximum atomic E-state index is 9.81. The average Bonchev–Trinajstić information content (AvgIpc) is 2.67. The van der Waals surface area contributed by atoms with Crippen LogP contribution >= 0.6 is 0 Å². The van der Waals surface area contributed by atoms with E-state index in [9.17, 15) is 9.59 Å². The molecule has 0 saturated carbocycles. The van der Waals surface area contributed by atoms with E-state index in [0.717, 1.165) is 17.4 Å². The van der Waals surface area contributed by atoms with Crippen molar-refractivity contribution in [3.63, 3.8) is 0 Å². The summed E-state index contributed by atoms with van der Waals surface area (Å²) in [7, 11) is 1.30. The van der Waals surface area contributed by atoms with E-state index in [-0.39, 0.29) is 22.2 Å². The van der Waals surface area contributed by atoms with E-state index < -0.39 is 8.80 Å². The summed E-state index contributed by atoms with van der Waals surface area (Å²) >= 11 is 0. The van der Waals surface area contributed by atoms with Crippen LogP contribution in [0.2, 0.25) is 12.6 Å². The van der Waals surface area contributed by atoms with Gasteiger partial charge in [0.25, 0.3) is 0 Å². The topological polar surface area (TPSA) is 49.7 Å². The monoisotopic (exact) mass is 495 g/mol. The van der Waals surface area contributed by atoms with Crippen molar-refractivity contribution in [2.45, 2.75) is 129 Å². The van der Waals surface area contributed by atoms with E-state index in [1.165, 1.54) is 109 Å². The summed E-state index contributed by atoms with van der Waals surface area (Å²) in [6, 6.07) is 0.425. The van der Waals surface area contributed by atoms with Crippen molar-refractivity contribution in [2.75, 3.05) is 27.2 Å².